The van der Waals surface area contributed by atoms with Crippen molar-refractivity contribution in [2.45, 2.75) is 25.8 Å². The van der Waals surface area contributed by atoms with Crippen molar-refractivity contribution in [3.8, 4) is 5.75 Å². The molecular weight excluding hydrogens is 332 g/mol. The molecule has 2 aliphatic rings. The lowest BCUT2D eigenvalue weighted by molar-refractivity contribution is -0.123. The predicted octanol–water partition coefficient (Wildman–Crippen LogP) is 1.18. The Morgan fingerprint density at radius 2 is 2.12 bits per heavy atom. The molecule has 0 aliphatic carbocycles. The molecule has 2 heterocycles. The Balaban J connectivity index is 1.40. The van der Waals surface area contributed by atoms with Crippen molar-refractivity contribution in [2.75, 3.05) is 39.3 Å². The van der Waals surface area contributed by atoms with Gasteiger partial charge in [0.1, 0.15) is 12.4 Å². The zero-order valence-electron chi connectivity index (χ0n) is 15.2. The maximum Gasteiger partial charge on any atom is 0.317 e. The first-order valence-electron chi connectivity index (χ1n) is 9.38. The van der Waals surface area contributed by atoms with Gasteiger partial charge in [-0.2, -0.15) is 0 Å². The minimum atomic E-state index is -0.202. The molecule has 3 rings (SSSR count). The molecule has 1 aromatic rings. The van der Waals surface area contributed by atoms with E-state index in [1.165, 1.54) is 0 Å². The number of likely N-dealkylation sites (tertiary alicyclic amines) is 1. The van der Waals surface area contributed by atoms with Gasteiger partial charge in [-0.1, -0.05) is 18.2 Å². The number of nitrogens with one attached hydrogen (secondary N) is 1. The summed E-state index contributed by atoms with van der Waals surface area (Å²) in [5.41, 5.74) is 6.45. The lowest BCUT2D eigenvalue weighted by Gasteiger charge is -2.31. The summed E-state index contributed by atoms with van der Waals surface area (Å²) >= 11 is 0. The minimum Gasteiger partial charge on any atom is -0.491 e. The summed E-state index contributed by atoms with van der Waals surface area (Å²) in [4.78, 5) is 27.8. The van der Waals surface area contributed by atoms with Gasteiger partial charge in [-0.05, 0) is 38.4 Å². The highest BCUT2D eigenvalue weighted by atomic mass is 16.5. The Bertz CT molecular complexity index is 637. The van der Waals surface area contributed by atoms with Crippen LogP contribution >= 0.6 is 0 Å². The van der Waals surface area contributed by atoms with Gasteiger partial charge in [0.15, 0.2) is 0 Å². The SMILES string of the molecule is NC(=O)C1CCCN(CCCNC(=O)N2CCOc3ccccc3C2)C1. The number of carbonyl (C=O) groups is 2. The van der Waals surface area contributed by atoms with Crippen molar-refractivity contribution >= 4 is 11.9 Å². The third kappa shape index (κ3) is 4.88. The van der Waals surface area contributed by atoms with Crippen molar-refractivity contribution in [2.24, 2.45) is 11.7 Å². The molecule has 1 atom stereocenters. The van der Waals surface area contributed by atoms with Crippen LogP contribution in [0.3, 0.4) is 0 Å². The molecule has 3 amide bonds. The molecule has 1 fully saturated rings. The number of nitrogens with zero attached hydrogens (tertiary/aromatic N) is 2. The van der Waals surface area contributed by atoms with Gasteiger partial charge < -0.3 is 25.6 Å². The van der Waals surface area contributed by atoms with Crippen LogP contribution in [0.25, 0.3) is 0 Å². The number of piperidine rings is 1. The molecule has 142 valence electrons. The third-order valence-corrected chi connectivity index (χ3v) is 5.08. The normalized spacial score (nSPS) is 20.6. The van der Waals surface area contributed by atoms with E-state index in [1.807, 2.05) is 24.3 Å². The van der Waals surface area contributed by atoms with Crippen LogP contribution in [0.1, 0.15) is 24.8 Å². The van der Waals surface area contributed by atoms with Gasteiger partial charge >= 0.3 is 6.03 Å². The van der Waals surface area contributed by atoms with Gasteiger partial charge in [0.25, 0.3) is 0 Å². The summed E-state index contributed by atoms with van der Waals surface area (Å²) in [5, 5.41) is 3.00. The van der Waals surface area contributed by atoms with Gasteiger partial charge in [0, 0.05) is 18.7 Å². The molecule has 2 aliphatic heterocycles. The Hall–Kier alpha value is -2.28. The van der Waals surface area contributed by atoms with Crippen LogP contribution in [0.15, 0.2) is 24.3 Å². The second-order valence-electron chi connectivity index (χ2n) is 7.01. The van der Waals surface area contributed by atoms with Gasteiger partial charge in [-0.3, -0.25) is 4.79 Å². The number of para-hydroxylation sites is 1. The number of amides is 3. The smallest absolute Gasteiger partial charge is 0.317 e. The Labute approximate surface area is 154 Å². The molecular formula is C19H28N4O3. The van der Waals surface area contributed by atoms with Crippen molar-refractivity contribution in [1.29, 1.82) is 0 Å². The molecule has 0 spiro atoms. The summed E-state index contributed by atoms with van der Waals surface area (Å²) in [6.07, 6.45) is 2.76. The van der Waals surface area contributed by atoms with E-state index in [9.17, 15) is 9.59 Å². The summed E-state index contributed by atoms with van der Waals surface area (Å²) in [7, 11) is 0. The molecule has 0 bridgehead atoms. The van der Waals surface area contributed by atoms with Crippen molar-refractivity contribution in [3.05, 3.63) is 29.8 Å². The van der Waals surface area contributed by atoms with E-state index in [0.29, 0.717) is 26.2 Å². The summed E-state index contributed by atoms with van der Waals surface area (Å²) < 4.78 is 5.70. The molecule has 0 radical (unpaired) electrons. The number of rotatable bonds is 5. The monoisotopic (exact) mass is 360 g/mol. The highest BCUT2D eigenvalue weighted by molar-refractivity contribution is 5.77. The Morgan fingerprint density at radius 1 is 1.27 bits per heavy atom. The van der Waals surface area contributed by atoms with E-state index in [0.717, 1.165) is 50.2 Å². The van der Waals surface area contributed by atoms with Crippen molar-refractivity contribution < 1.29 is 14.3 Å². The van der Waals surface area contributed by atoms with Crippen LogP contribution in [0.5, 0.6) is 5.75 Å². The molecule has 26 heavy (non-hydrogen) atoms. The number of ether oxygens (including phenoxy) is 1. The first-order valence-corrected chi connectivity index (χ1v) is 9.38. The third-order valence-electron chi connectivity index (χ3n) is 5.08. The average molecular weight is 360 g/mol. The predicted molar refractivity (Wildman–Crippen MR) is 98.7 cm³/mol. The summed E-state index contributed by atoms with van der Waals surface area (Å²) in [5.74, 6) is 0.624. The molecule has 0 saturated carbocycles. The number of benzene rings is 1. The van der Waals surface area contributed by atoms with E-state index in [-0.39, 0.29) is 17.9 Å². The molecule has 1 aromatic carbocycles. The summed E-state index contributed by atoms with van der Waals surface area (Å²) in [6, 6.07) is 7.78. The van der Waals surface area contributed by atoms with Crippen LogP contribution in [0.2, 0.25) is 0 Å². The van der Waals surface area contributed by atoms with Crippen LogP contribution in [-0.4, -0.2) is 61.1 Å². The van der Waals surface area contributed by atoms with Gasteiger partial charge in [-0.15, -0.1) is 0 Å². The number of hydrogen-bond acceptors (Lipinski definition) is 4. The fourth-order valence-corrected chi connectivity index (χ4v) is 3.60. The molecule has 0 aromatic heterocycles. The first-order chi connectivity index (χ1) is 12.6. The van der Waals surface area contributed by atoms with Crippen LogP contribution in [0.4, 0.5) is 4.79 Å². The van der Waals surface area contributed by atoms with Gasteiger partial charge in [0.2, 0.25) is 5.91 Å². The second kappa shape index (κ2) is 8.89. The second-order valence-corrected chi connectivity index (χ2v) is 7.01. The fraction of sp³-hybridized carbons (Fsp3) is 0.579. The lowest BCUT2D eigenvalue weighted by Crippen LogP contribution is -2.43. The van der Waals surface area contributed by atoms with Gasteiger partial charge in [-0.25, -0.2) is 4.79 Å². The number of primary amides is 1. The van der Waals surface area contributed by atoms with E-state index in [2.05, 4.69) is 10.2 Å². The van der Waals surface area contributed by atoms with Crippen LogP contribution < -0.4 is 15.8 Å². The minimum absolute atomic E-state index is 0.0319. The molecule has 1 unspecified atom stereocenters. The number of hydrogen-bond donors (Lipinski definition) is 2. The van der Waals surface area contributed by atoms with Gasteiger partial charge in [0.05, 0.1) is 19.0 Å². The Kier molecular flexibility index (Phi) is 6.33. The number of nitrogens with two attached hydrogens (primary N) is 1. The number of carbonyl (C=O) groups excluding carboxylic acids is 2. The summed E-state index contributed by atoms with van der Waals surface area (Å²) in [6.45, 7) is 4.88. The zero-order valence-corrected chi connectivity index (χ0v) is 15.2. The van der Waals surface area contributed by atoms with Crippen molar-refractivity contribution in [1.82, 2.24) is 15.1 Å². The standard InChI is InChI=1S/C19H28N4O3/c20-18(24)16-6-3-9-22(13-16)10-4-8-21-19(25)23-11-12-26-17-7-2-1-5-15(17)14-23/h1-2,5,7,16H,3-4,6,8-14H2,(H2,20,24)(H,21,25). The highest BCUT2D eigenvalue weighted by Crippen LogP contribution is 2.22. The average Bonchev–Trinajstić information content (AvgIpc) is 2.88. The van der Waals surface area contributed by atoms with E-state index >= 15 is 0 Å². The highest BCUT2D eigenvalue weighted by Gasteiger charge is 2.23. The molecule has 3 N–H and O–H groups in total. The maximum atomic E-state index is 12.4. The maximum absolute atomic E-state index is 12.4. The quantitative estimate of drug-likeness (QED) is 0.772. The zero-order chi connectivity index (χ0) is 18.4. The number of fused-ring (bicyclic) bond motifs is 1. The van der Waals surface area contributed by atoms with E-state index < -0.39 is 0 Å². The lowest BCUT2D eigenvalue weighted by atomic mass is 9.97. The van der Waals surface area contributed by atoms with Crippen molar-refractivity contribution in [3.63, 3.8) is 0 Å². The van der Waals surface area contributed by atoms with E-state index in [1.54, 1.807) is 4.90 Å². The topological polar surface area (TPSA) is 87.9 Å². The number of urea groups is 1. The van der Waals surface area contributed by atoms with Crippen LogP contribution in [-0.2, 0) is 11.3 Å². The molecule has 7 heteroatoms. The fourth-order valence-electron chi connectivity index (χ4n) is 3.60. The molecule has 1 saturated heterocycles. The Morgan fingerprint density at radius 3 is 2.96 bits per heavy atom. The van der Waals surface area contributed by atoms with E-state index in [4.69, 9.17) is 10.5 Å². The first kappa shape index (κ1) is 18.5. The molecule has 7 nitrogen and oxygen atoms in total. The van der Waals surface area contributed by atoms with Crippen LogP contribution in [0, 0.1) is 5.92 Å². The largest absolute Gasteiger partial charge is 0.491 e.